The number of rotatable bonds is 3. The van der Waals surface area contributed by atoms with E-state index >= 15 is 0 Å². The normalized spacial score (nSPS) is 10.3. The zero-order valence-electron chi connectivity index (χ0n) is 9.10. The van der Waals surface area contributed by atoms with E-state index < -0.39 is 5.82 Å². The first-order chi connectivity index (χ1) is 8.54. The number of amides is 1. The van der Waals surface area contributed by atoms with Gasteiger partial charge in [-0.2, -0.15) is 4.98 Å². The highest BCUT2D eigenvalue weighted by atomic mass is 79.9. The average Bonchev–Trinajstić information content (AvgIpc) is 2.57. The average molecular weight is 314 g/mol. The molecular formula is C10H9BrFN5O. The highest BCUT2D eigenvalue weighted by Crippen LogP contribution is 2.11. The molecule has 0 bridgehead atoms. The molecule has 1 amide bonds. The van der Waals surface area contributed by atoms with Crippen LogP contribution in [0.5, 0.6) is 0 Å². The Kier molecular flexibility index (Phi) is 3.56. The molecule has 6 nitrogen and oxygen atoms in total. The number of benzene rings is 1. The number of halogens is 2. The maximum atomic E-state index is 12.9. The minimum Gasteiger partial charge on any atom is -0.366 e. The summed E-state index contributed by atoms with van der Waals surface area (Å²) in [7, 11) is 0. The second-order valence-corrected chi connectivity index (χ2v) is 4.16. The van der Waals surface area contributed by atoms with E-state index in [2.05, 4.69) is 31.3 Å². The van der Waals surface area contributed by atoms with Gasteiger partial charge in [0.25, 0.3) is 0 Å². The quantitative estimate of drug-likeness (QED) is 0.897. The van der Waals surface area contributed by atoms with Crippen molar-refractivity contribution in [2.45, 2.75) is 6.54 Å². The predicted molar refractivity (Wildman–Crippen MR) is 67.2 cm³/mol. The van der Waals surface area contributed by atoms with Gasteiger partial charge in [-0.25, -0.2) is 9.07 Å². The topological polar surface area (TPSA) is 85.8 Å². The van der Waals surface area contributed by atoms with Crippen LogP contribution >= 0.6 is 15.9 Å². The summed E-state index contributed by atoms with van der Waals surface area (Å²) in [5.41, 5.74) is 5.75. The summed E-state index contributed by atoms with van der Waals surface area (Å²) in [5.74, 6) is -0.703. The minimum atomic E-state index is -0.418. The first-order valence-electron chi connectivity index (χ1n) is 4.96. The monoisotopic (exact) mass is 313 g/mol. The molecule has 0 aliphatic heterocycles. The minimum absolute atomic E-state index is 0.0682. The summed E-state index contributed by atoms with van der Waals surface area (Å²) in [5, 5.41) is 6.35. The lowest BCUT2D eigenvalue weighted by Crippen LogP contribution is -2.19. The molecule has 0 radical (unpaired) electrons. The zero-order chi connectivity index (χ0) is 13.1. The molecule has 94 valence electrons. The van der Waals surface area contributed by atoms with Crippen molar-refractivity contribution in [1.82, 2.24) is 14.8 Å². The Morgan fingerprint density at radius 1 is 1.56 bits per heavy atom. The summed E-state index contributed by atoms with van der Waals surface area (Å²) in [6.45, 7) is -0.0682. The van der Waals surface area contributed by atoms with Crippen LogP contribution in [0, 0.1) is 5.82 Å². The maximum absolute atomic E-state index is 12.9. The van der Waals surface area contributed by atoms with Gasteiger partial charge in [-0.3, -0.25) is 4.79 Å². The van der Waals surface area contributed by atoms with Gasteiger partial charge in [0, 0.05) is 5.69 Å². The summed E-state index contributed by atoms with van der Waals surface area (Å²) in [6.07, 6.45) is 0. The molecule has 0 spiro atoms. The van der Waals surface area contributed by atoms with Crippen molar-refractivity contribution < 1.29 is 9.18 Å². The number of carbonyl (C=O) groups excluding carboxylic acids is 1. The van der Waals surface area contributed by atoms with Crippen molar-refractivity contribution in [2.24, 2.45) is 0 Å². The van der Waals surface area contributed by atoms with Crippen molar-refractivity contribution in [3.63, 3.8) is 0 Å². The van der Waals surface area contributed by atoms with Crippen LogP contribution in [-0.2, 0) is 11.3 Å². The number of nitrogen functional groups attached to an aromatic ring is 1. The SMILES string of the molecule is Nc1nc(Br)n(CC(=O)Nc2cccc(F)c2)n1. The van der Waals surface area contributed by atoms with Gasteiger partial charge in [-0.15, -0.1) is 5.10 Å². The third-order valence-electron chi connectivity index (χ3n) is 2.04. The Bertz CT molecular complexity index is 585. The molecule has 1 aromatic carbocycles. The molecule has 3 N–H and O–H groups in total. The van der Waals surface area contributed by atoms with E-state index in [0.29, 0.717) is 10.4 Å². The van der Waals surface area contributed by atoms with Crippen LogP contribution in [0.2, 0.25) is 0 Å². The van der Waals surface area contributed by atoms with Crippen LogP contribution < -0.4 is 11.1 Å². The predicted octanol–water partition coefficient (Wildman–Crippen LogP) is 1.40. The van der Waals surface area contributed by atoms with Crippen LogP contribution in [-0.4, -0.2) is 20.7 Å². The molecule has 18 heavy (non-hydrogen) atoms. The molecule has 0 saturated heterocycles. The molecule has 0 unspecified atom stereocenters. The lowest BCUT2D eigenvalue weighted by molar-refractivity contribution is -0.116. The molecule has 8 heteroatoms. The number of anilines is 2. The largest absolute Gasteiger partial charge is 0.366 e. The zero-order valence-corrected chi connectivity index (χ0v) is 10.7. The number of hydrogen-bond acceptors (Lipinski definition) is 4. The number of nitrogens with one attached hydrogen (secondary N) is 1. The van der Waals surface area contributed by atoms with E-state index in [1.807, 2.05) is 0 Å². The second kappa shape index (κ2) is 5.13. The van der Waals surface area contributed by atoms with Crippen molar-refractivity contribution >= 4 is 33.5 Å². The smallest absolute Gasteiger partial charge is 0.246 e. The lowest BCUT2D eigenvalue weighted by Gasteiger charge is -2.05. The summed E-state index contributed by atoms with van der Waals surface area (Å²) < 4.78 is 14.6. The molecule has 0 saturated carbocycles. The Hall–Kier alpha value is -1.96. The maximum Gasteiger partial charge on any atom is 0.246 e. The number of nitrogens with zero attached hydrogens (tertiary/aromatic N) is 3. The molecule has 0 atom stereocenters. The standard InChI is InChI=1S/C10H9BrFN5O/c11-9-15-10(13)16-17(9)5-8(18)14-7-3-1-2-6(12)4-7/h1-4H,5H2,(H2,13,16)(H,14,18). The van der Waals surface area contributed by atoms with Crippen LogP contribution in [0.15, 0.2) is 29.0 Å². The summed E-state index contributed by atoms with van der Waals surface area (Å²) >= 11 is 3.11. The Morgan fingerprint density at radius 2 is 2.33 bits per heavy atom. The second-order valence-electron chi connectivity index (χ2n) is 3.46. The van der Waals surface area contributed by atoms with E-state index in [1.165, 1.54) is 22.9 Å². The first kappa shape index (κ1) is 12.5. The number of carbonyl (C=O) groups is 1. The van der Waals surface area contributed by atoms with Crippen LogP contribution in [0.4, 0.5) is 16.0 Å². The molecular weight excluding hydrogens is 305 g/mol. The molecule has 1 aromatic heterocycles. The van der Waals surface area contributed by atoms with Crippen molar-refractivity contribution in [3.05, 3.63) is 34.8 Å². The number of aromatic nitrogens is 3. The van der Waals surface area contributed by atoms with Gasteiger partial charge < -0.3 is 11.1 Å². The third-order valence-corrected chi connectivity index (χ3v) is 2.63. The van der Waals surface area contributed by atoms with Crippen LogP contribution in [0.3, 0.4) is 0 Å². The third kappa shape index (κ3) is 3.04. The molecule has 0 fully saturated rings. The van der Waals surface area contributed by atoms with E-state index in [-0.39, 0.29) is 18.4 Å². The molecule has 0 aliphatic carbocycles. The molecule has 1 heterocycles. The molecule has 2 rings (SSSR count). The highest BCUT2D eigenvalue weighted by molar-refractivity contribution is 9.10. The van der Waals surface area contributed by atoms with Crippen molar-refractivity contribution in [2.75, 3.05) is 11.1 Å². The van der Waals surface area contributed by atoms with Gasteiger partial charge in [0.2, 0.25) is 11.9 Å². The molecule has 0 aliphatic rings. The van der Waals surface area contributed by atoms with Gasteiger partial charge >= 0.3 is 0 Å². The number of nitrogens with two attached hydrogens (primary N) is 1. The number of hydrogen-bond donors (Lipinski definition) is 2. The van der Waals surface area contributed by atoms with E-state index in [9.17, 15) is 9.18 Å². The molecule has 2 aromatic rings. The van der Waals surface area contributed by atoms with Gasteiger partial charge in [0.05, 0.1) is 0 Å². The fourth-order valence-corrected chi connectivity index (χ4v) is 1.73. The summed E-state index contributed by atoms with van der Waals surface area (Å²) in [4.78, 5) is 15.5. The first-order valence-corrected chi connectivity index (χ1v) is 5.75. The fourth-order valence-electron chi connectivity index (χ4n) is 1.34. The Labute approximate surface area is 110 Å². The summed E-state index contributed by atoms with van der Waals surface area (Å²) in [6, 6.07) is 5.62. The van der Waals surface area contributed by atoms with Crippen molar-refractivity contribution in [3.8, 4) is 0 Å². The van der Waals surface area contributed by atoms with Gasteiger partial charge in [0.15, 0.2) is 4.73 Å². The van der Waals surface area contributed by atoms with E-state index in [0.717, 1.165) is 0 Å². The van der Waals surface area contributed by atoms with Crippen LogP contribution in [0.25, 0.3) is 0 Å². The fraction of sp³-hybridized carbons (Fsp3) is 0.100. The van der Waals surface area contributed by atoms with Gasteiger partial charge in [-0.1, -0.05) is 6.07 Å². The van der Waals surface area contributed by atoms with Crippen molar-refractivity contribution in [1.29, 1.82) is 0 Å². The Balaban J connectivity index is 2.03. The van der Waals surface area contributed by atoms with Gasteiger partial charge in [0.1, 0.15) is 12.4 Å². The van der Waals surface area contributed by atoms with Crippen LogP contribution in [0.1, 0.15) is 0 Å². The highest BCUT2D eigenvalue weighted by Gasteiger charge is 2.09. The van der Waals surface area contributed by atoms with E-state index in [1.54, 1.807) is 6.07 Å². The van der Waals surface area contributed by atoms with Gasteiger partial charge in [-0.05, 0) is 34.1 Å². The Morgan fingerprint density at radius 3 is 2.94 bits per heavy atom. The van der Waals surface area contributed by atoms with E-state index in [4.69, 9.17) is 5.73 Å². The lowest BCUT2D eigenvalue weighted by atomic mass is 10.3.